The molecule has 1 aliphatic heterocycles. The van der Waals surface area contributed by atoms with E-state index in [4.69, 9.17) is 0 Å². The second kappa shape index (κ2) is 5.64. The SMILES string of the molecule is CC(C)[C@]1(C)NC(=O)N(C[C@H](O)c2cc(F)ccc2F)C1=O. The molecular formula is C15H18F2N2O3. The molecule has 1 heterocycles. The van der Waals surface area contributed by atoms with Crippen LogP contribution in [-0.2, 0) is 4.79 Å². The summed E-state index contributed by atoms with van der Waals surface area (Å²) in [5.74, 6) is -2.16. The monoisotopic (exact) mass is 312 g/mol. The summed E-state index contributed by atoms with van der Waals surface area (Å²) < 4.78 is 26.8. The van der Waals surface area contributed by atoms with E-state index in [2.05, 4.69) is 5.32 Å². The molecule has 3 amide bonds. The van der Waals surface area contributed by atoms with Crippen LogP contribution in [0.5, 0.6) is 0 Å². The Bertz CT molecular complexity index is 621. The average Bonchev–Trinajstić information content (AvgIpc) is 2.66. The number of imide groups is 1. The molecule has 1 fully saturated rings. The van der Waals surface area contributed by atoms with Crippen LogP contribution < -0.4 is 5.32 Å². The molecule has 0 unspecified atom stereocenters. The number of carbonyl (C=O) groups excluding carboxylic acids is 2. The van der Waals surface area contributed by atoms with E-state index in [9.17, 15) is 23.5 Å². The van der Waals surface area contributed by atoms with Crippen LogP contribution in [0.4, 0.5) is 13.6 Å². The van der Waals surface area contributed by atoms with Gasteiger partial charge in [-0.05, 0) is 31.0 Å². The molecule has 0 aromatic heterocycles. The van der Waals surface area contributed by atoms with E-state index in [1.54, 1.807) is 20.8 Å². The molecule has 0 spiro atoms. The van der Waals surface area contributed by atoms with E-state index >= 15 is 0 Å². The van der Waals surface area contributed by atoms with Gasteiger partial charge in [0.25, 0.3) is 5.91 Å². The van der Waals surface area contributed by atoms with Crippen molar-refractivity contribution in [2.75, 3.05) is 6.54 Å². The molecule has 22 heavy (non-hydrogen) atoms. The number of β-amino-alcohol motifs (C(OH)–C–C–N with tert-alkyl or cyclic N) is 1. The Morgan fingerprint density at radius 2 is 1.95 bits per heavy atom. The molecule has 2 rings (SSSR count). The van der Waals surface area contributed by atoms with E-state index in [1.807, 2.05) is 0 Å². The summed E-state index contributed by atoms with van der Waals surface area (Å²) >= 11 is 0. The van der Waals surface area contributed by atoms with Gasteiger partial charge in [0.2, 0.25) is 0 Å². The molecule has 1 aromatic carbocycles. The summed E-state index contributed by atoms with van der Waals surface area (Å²) in [6, 6.07) is 2.00. The highest BCUT2D eigenvalue weighted by Gasteiger charge is 2.50. The van der Waals surface area contributed by atoms with Crippen LogP contribution in [0.3, 0.4) is 0 Å². The largest absolute Gasteiger partial charge is 0.386 e. The van der Waals surface area contributed by atoms with Crippen molar-refractivity contribution in [2.45, 2.75) is 32.4 Å². The van der Waals surface area contributed by atoms with Gasteiger partial charge in [-0.25, -0.2) is 13.6 Å². The number of urea groups is 1. The lowest BCUT2D eigenvalue weighted by Crippen LogP contribution is -2.48. The van der Waals surface area contributed by atoms with Crippen LogP contribution in [0.15, 0.2) is 18.2 Å². The van der Waals surface area contributed by atoms with Gasteiger partial charge in [0.1, 0.15) is 23.3 Å². The summed E-state index contributed by atoms with van der Waals surface area (Å²) in [6.07, 6.45) is -1.50. The van der Waals surface area contributed by atoms with Gasteiger partial charge in [0, 0.05) is 5.56 Å². The van der Waals surface area contributed by atoms with E-state index in [1.165, 1.54) is 0 Å². The number of hydrogen-bond donors (Lipinski definition) is 2. The van der Waals surface area contributed by atoms with Crippen molar-refractivity contribution >= 4 is 11.9 Å². The zero-order valence-corrected chi connectivity index (χ0v) is 12.6. The third-order valence-corrected chi connectivity index (χ3v) is 4.13. The van der Waals surface area contributed by atoms with Crippen molar-refractivity contribution < 1.29 is 23.5 Å². The number of aliphatic hydroxyl groups is 1. The summed E-state index contributed by atoms with van der Waals surface area (Å²) in [7, 11) is 0. The van der Waals surface area contributed by atoms with E-state index in [0.29, 0.717) is 0 Å². The molecule has 120 valence electrons. The van der Waals surface area contributed by atoms with Gasteiger partial charge in [0.15, 0.2) is 0 Å². The molecule has 7 heteroatoms. The van der Waals surface area contributed by atoms with Crippen molar-refractivity contribution in [3.05, 3.63) is 35.4 Å². The smallest absolute Gasteiger partial charge is 0.325 e. The maximum absolute atomic E-state index is 13.6. The van der Waals surface area contributed by atoms with Gasteiger partial charge in [-0.1, -0.05) is 13.8 Å². The van der Waals surface area contributed by atoms with Gasteiger partial charge in [-0.2, -0.15) is 0 Å². The highest BCUT2D eigenvalue weighted by atomic mass is 19.1. The van der Waals surface area contributed by atoms with Crippen LogP contribution in [0, 0.1) is 17.6 Å². The summed E-state index contributed by atoms with van der Waals surface area (Å²) in [5.41, 5.74) is -1.36. The van der Waals surface area contributed by atoms with Gasteiger partial charge in [-0.15, -0.1) is 0 Å². The minimum Gasteiger partial charge on any atom is -0.386 e. The van der Waals surface area contributed by atoms with Gasteiger partial charge >= 0.3 is 6.03 Å². The molecule has 1 aromatic rings. The first-order chi connectivity index (χ1) is 10.2. The van der Waals surface area contributed by atoms with Crippen molar-refractivity contribution in [2.24, 2.45) is 5.92 Å². The van der Waals surface area contributed by atoms with Crippen molar-refractivity contribution in [1.82, 2.24) is 10.2 Å². The highest BCUT2D eigenvalue weighted by Crippen LogP contribution is 2.28. The Morgan fingerprint density at radius 1 is 1.32 bits per heavy atom. The van der Waals surface area contributed by atoms with Gasteiger partial charge in [0.05, 0.1) is 6.54 Å². The number of hydrogen-bond acceptors (Lipinski definition) is 3. The molecule has 0 radical (unpaired) electrons. The number of carbonyl (C=O) groups is 2. The number of nitrogens with one attached hydrogen (secondary N) is 1. The number of halogens is 2. The van der Waals surface area contributed by atoms with Crippen molar-refractivity contribution in [1.29, 1.82) is 0 Å². The molecule has 2 atom stereocenters. The highest BCUT2D eigenvalue weighted by molar-refractivity contribution is 6.07. The number of rotatable bonds is 4. The van der Waals surface area contributed by atoms with Crippen molar-refractivity contribution in [3.8, 4) is 0 Å². The standard InChI is InChI=1S/C15H18F2N2O3/c1-8(2)15(3)13(21)19(14(22)18-15)7-12(20)10-6-9(16)4-5-11(10)17/h4-6,8,12,20H,7H2,1-3H3,(H,18,22)/t12-,15-/m0/s1. The molecule has 5 nitrogen and oxygen atoms in total. The Hall–Kier alpha value is -2.02. The van der Waals surface area contributed by atoms with Crippen LogP contribution in [0.2, 0.25) is 0 Å². The fraction of sp³-hybridized carbons (Fsp3) is 0.467. The zero-order valence-electron chi connectivity index (χ0n) is 12.6. The second-order valence-corrected chi connectivity index (χ2v) is 5.88. The Balaban J connectivity index is 2.22. The lowest BCUT2D eigenvalue weighted by molar-refractivity contribution is -0.133. The summed E-state index contributed by atoms with van der Waals surface area (Å²) in [5, 5.41) is 12.6. The van der Waals surface area contributed by atoms with Crippen LogP contribution in [0.25, 0.3) is 0 Å². The number of amides is 3. The van der Waals surface area contributed by atoms with Crippen LogP contribution >= 0.6 is 0 Å². The van der Waals surface area contributed by atoms with E-state index in [-0.39, 0.29) is 11.5 Å². The topological polar surface area (TPSA) is 69.6 Å². The van der Waals surface area contributed by atoms with Crippen LogP contribution in [-0.4, -0.2) is 34.0 Å². The first kappa shape index (κ1) is 16.4. The van der Waals surface area contributed by atoms with Gasteiger partial charge in [-0.3, -0.25) is 9.69 Å². The Kier molecular flexibility index (Phi) is 4.19. The molecule has 0 bridgehead atoms. The quantitative estimate of drug-likeness (QED) is 0.835. The number of aliphatic hydroxyl groups excluding tert-OH is 1. The second-order valence-electron chi connectivity index (χ2n) is 5.88. The fourth-order valence-electron chi connectivity index (χ4n) is 2.31. The average molecular weight is 312 g/mol. The first-order valence-electron chi connectivity index (χ1n) is 6.94. The maximum Gasteiger partial charge on any atom is 0.325 e. The molecule has 0 aliphatic carbocycles. The third kappa shape index (κ3) is 2.68. The predicted molar refractivity (Wildman–Crippen MR) is 74.8 cm³/mol. The maximum atomic E-state index is 13.6. The fourth-order valence-corrected chi connectivity index (χ4v) is 2.31. The first-order valence-corrected chi connectivity index (χ1v) is 6.94. The Morgan fingerprint density at radius 3 is 2.50 bits per heavy atom. The Labute approximate surface area is 126 Å². The summed E-state index contributed by atoms with van der Waals surface area (Å²) in [4.78, 5) is 25.1. The minimum absolute atomic E-state index is 0.156. The lowest BCUT2D eigenvalue weighted by atomic mass is 9.88. The normalized spacial score (nSPS) is 23.1. The minimum atomic E-state index is -1.50. The third-order valence-electron chi connectivity index (χ3n) is 4.13. The van der Waals surface area contributed by atoms with Crippen LogP contribution in [0.1, 0.15) is 32.4 Å². The number of nitrogens with zero attached hydrogens (tertiary/aromatic N) is 1. The van der Waals surface area contributed by atoms with E-state index in [0.717, 1.165) is 23.1 Å². The molecule has 1 aliphatic rings. The molecule has 0 saturated carbocycles. The molecule has 2 N–H and O–H groups in total. The summed E-state index contributed by atoms with van der Waals surface area (Å²) in [6.45, 7) is 4.72. The number of benzene rings is 1. The van der Waals surface area contributed by atoms with E-state index < -0.39 is 41.8 Å². The van der Waals surface area contributed by atoms with Gasteiger partial charge < -0.3 is 10.4 Å². The lowest BCUT2D eigenvalue weighted by Gasteiger charge is -2.26. The predicted octanol–water partition coefficient (Wildman–Crippen LogP) is 1.96. The van der Waals surface area contributed by atoms with Crippen molar-refractivity contribution in [3.63, 3.8) is 0 Å². The zero-order chi connectivity index (χ0) is 16.7. The molecule has 1 saturated heterocycles. The molecular weight excluding hydrogens is 294 g/mol.